The Hall–Kier alpha value is -3.49. The Morgan fingerprint density at radius 3 is 2.77 bits per heavy atom. The lowest BCUT2D eigenvalue weighted by atomic mass is 9.94. The predicted octanol–water partition coefficient (Wildman–Crippen LogP) is 6.19. The molecule has 3 aromatic rings. The maximum atomic E-state index is 13.4. The molecule has 0 saturated heterocycles. The van der Waals surface area contributed by atoms with E-state index in [9.17, 15) is 18.0 Å². The van der Waals surface area contributed by atoms with Gasteiger partial charge in [-0.15, -0.1) is 0 Å². The van der Waals surface area contributed by atoms with E-state index in [0.717, 1.165) is 29.7 Å². The first-order valence-corrected chi connectivity index (χ1v) is 11.8. The maximum Gasteiger partial charge on any atom is 0.433 e. The van der Waals surface area contributed by atoms with Crippen LogP contribution in [0.3, 0.4) is 0 Å². The summed E-state index contributed by atoms with van der Waals surface area (Å²) in [6.45, 7) is 4.13. The highest BCUT2D eigenvalue weighted by molar-refractivity contribution is 6.27. The topological polar surface area (TPSA) is 71.7 Å². The number of anilines is 2. The maximum absolute atomic E-state index is 13.4. The number of allylic oxidation sites excluding steroid dienone is 1. The first-order valence-electron chi connectivity index (χ1n) is 11.8. The highest BCUT2D eigenvalue weighted by atomic mass is 19.4. The van der Waals surface area contributed by atoms with Crippen molar-refractivity contribution >= 4 is 34.2 Å². The van der Waals surface area contributed by atoms with Crippen molar-refractivity contribution in [3.05, 3.63) is 59.7 Å². The van der Waals surface area contributed by atoms with Crippen molar-refractivity contribution in [1.82, 2.24) is 14.4 Å². The second kappa shape index (κ2) is 8.94. The lowest BCUT2D eigenvalue weighted by Crippen LogP contribution is -2.23. The van der Waals surface area contributed by atoms with Gasteiger partial charge in [-0.1, -0.05) is 19.4 Å². The van der Waals surface area contributed by atoms with E-state index in [4.69, 9.17) is 0 Å². The van der Waals surface area contributed by atoms with E-state index in [2.05, 4.69) is 27.2 Å². The fourth-order valence-corrected chi connectivity index (χ4v) is 5.16. The minimum Gasteiger partial charge on any atom is -0.337 e. The zero-order valence-electron chi connectivity index (χ0n) is 19.6. The van der Waals surface area contributed by atoms with Crippen molar-refractivity contribution in [2.45, 2.75) is 45.7 Å². The summed E-state index contributed by atoms with van der Waals surface area (Å²) >= 11 is 0. The molecular formula is C26H26F3N5O. The number of fused-ring (bicyclic) bond motifs is 1. The molecule has 2 aliphatic rings. The van der Waals surface area contributed by atoms with Crippen LogP contribution in [0.25, 0.3) is 11.2 Å². The van der Waals surface area contributed by atoms with Gasteiger partial charge in [0.15, 0.2) is 17.2 Å². The number of hydrogen-bond acceptors (Lipinski definition) is 5. The molecule has 0 spiro atoms. The molecule has 9 heteroatoms. The van der Waals surface area contributed by atoms with E-state index in [1.54, 1.807) is 10.6 Å². The molecule has 2 aromatic heterocycles. The second-order valence-electron chi connectivity index (χ2n) is 9.48. The lowest BCUT2D eigenvalue weighted by Gasteiger charge is -2.13. The summed E-state index contributed by atoms with van der Waals surface area (Å²) in [5, 5.41) is 3.20. The number of halogens is 3. The SMILES string of the molecule is Cc1cc(Nc2nccn3c(C4=CCN=C4C(F)(F)F)cnc23)ccc1C(=O)C[C@H]1CC[C@H](C)C1. The molecule has 0 bridgehead atoms. The van der Waals surface area contributed by atoms with E-state index in [1.165, 1.54) is 24.9 Å². The van der Waals surface area contributed by atoms with Gasteiger partial charge < -0.3 is 5.32 Å². The Kier molecular flexibility index (Phi) is 5.94. The van der Waals surface area contributed by atoms with Gasteiger partial charge in [0.1, 0.15) is 5.71 Å². The van der Waals surface area contributed by atoms with E-state index in [1.807, 2.05) is 25.1 Å². The number of nitrogens with zero attached hydrogens (tertiary/aromatic N) is 4. The number of benzene rings is 1. The summed E-state index contributed by atoms with van der Waals surface area (Å²) in [7, 11) is 0. The Balaban J connectivity index is 1.37. The molecule has 1 aliphatic heterocycles. The summed E-state index contributed by atoms with van der Waals surface area (Å²) in [6.07, 6.45) is 5.39. The molecular weight excluding hydrogens is 455 g/mol. The molecule has 182 valence electrons. The van der Waals surface area contributed by atoms with E-state index in [-0.39, 0.29) is 17.9 Å². The largest absolute Gasteiger partial charge is 0.433 e. The molecule has 0 unspecified atom stereocenters. The molecule has 3 heterocycles. The van der Waals surface area contributed by atoms with Gasteiger partial charge in [0.25, 0.3) is 0 Å². The molecule has 1 aliphatic carbocycles. The van der Waals surface area contributed by atoms with Crippen LogP contribution in [0.2, 0.25) is 0 Å². The van der Waals surface area contributed by atoms with Crippen LogP contribution in [-0.4, -0.2) is 38.6 Å². The number of Topliss-reactive ketones (excluding diaryl/α,β-unsaturated/α-hetero) is 1. The Morgan fingerprint density at radius 1 is 1.23 bits per heavy atom. The van der Waals surface area contributed by atoms with Crippen molar-refractivity contribution in [2.75, 3.05) is 11.9 Å². The van der Waals surface area contributed by atoms with Crippen LogP contribution in [0.5, 0.6) is 0 Å². The fourth-order valence-electron chi connectivity index (χ4n) is 5.16. The molecule has 1 fully saturated rings. The van der Waals surface area contributed by atoms with E-state index in [0.29, 0.717) is 35.4 Å². The van der Waals surface area contributed by atoms with Crippen molar-refractivity contribution in [3.8, 4) is 0 Å². The number of aromatic nitrogens is 3. The fraction of sp³-hybridized carbons (Fsp3) is 0.385. The Morgan fingerprint density at radius 2 is 2.06 bits per heavy atom. The summed E-state index contributed by atoms with van der Waals surface area (Å²) in [5.41, 5.74) is 2.12. The number of imidazole rings is 1. The van der Waals surface area contributed by atoms with Gasteiger partial charge in [0.2, 0.25) is 0 Å². The van der Waals surface area contributed by atoms with Gasteiger partial charge in [-0.3, -0.25) is 14.2 Å². The highest BCUT2D eigenvalue weighted by Gasteiger charge is 2.40. The van der Waals surface area contributed by atoms with Crippen molar-refractivity contribution in [3.63, 3.8) is 0 Å². The zero-order chi connectivity index (χ0) is 24.7. The zero-order valence-corrected chi connectivity index (χ0v) is 19.6. The average molecular weight is 482 g/mol. The number of rotatable bonds is 6. The van der Waals surface area contributed by atoms with Crippen molar-refractivity contribution in [1.29, 1.82) is 0 Å². The van der Waals surface area contributed by atoms with Crippen LogP contribution < -0.4 is 5.32 Å². The molecule has 2 atom stereocenters. The molecule has 1 aromatic carbocycles. The minimum atomic E-state index is -4.53. The lowest BCUT2D eigenvalue weighted by molar-refractivity contribution is -0.0571. The van der Waals surface area contributed by atoms with Crippen LogP contribution >= 0.6 is 0 Å². The molecule has 1 saturated carbocycles. The monoisotopic (exact) mass is 481 g/mol. The van der Waals surface area contributed by atoms with Crippen molar-refractivity contribution in [2.24, 2.45) is 16.8 Å². The number of carbonyl (C=O) groups excluding carboxylic acids is 1. The number of nitrogens with one attached hydrogen (secondary N) is 1. The van der Waals surface area contributed by atoms with Crippen LogP contribution in [-0.2, 0) is 0 Å². The summed E-state index contributed by atoms with van der Waals surface area (Å²) < 4.78 is 41.7. The van der Waals surface area contributed by atoms with Crippen LogP contribution in [0, 0.1) is 18.8 Å². The molecule has 0 amide bonds. The number of carbonyl (C=O) groups is 1. The normalized spacial score (nSPS) is 20.3. The smallest absolute Gasteiger partial charge is 0.337 e. The third kappa shape index (κ3) is 4.59. The van der Waals surface area contributed by atoms with Gasteiger partial charge in [-0.2, -0.15) is 13.2 Å². The third-order valence-corrected chi connectivity index (χ3v) is 6.84. The minimum absolute atomic E-state index is 0.0116. The van der Waals surface area contributed by atoms with Crippen LogP contribution in [0.1, 0.15) is 54.2 Å². The summed E-state index contributed by atoms with van der Waals surface area (Å²) in [4.78, 5) is 25.1. The van der Waals surface area contributed by atoms with Crippen LogP contribution in [0.15, 0.2) is 47.9 Å². The Labute approximate surface area is 201 Å². The Bertz CT molecular complexity index is 1350. The van der Waals surface area contributed by atoms with Gasteiger partial charge in [-0.05, 0) is 55.4 Å². The first-order chi connectivity index (χ1) is 16.7. The first kappa shape index (κ1) is 23.3. The summed E-state index contributed by atoms with van der Waals surface area (Å²) in [6, 6.07) is 5.53. The van der Waals surface area contributed by atoms with Gasteiger partial charge in [0, 0.05) is 35.6 Å². The number of hydrogen-bond donors (Lipinski definition) is 1. The number of aryl methyl sites for hydroxylation is 1. The number of alkyl halides is 3. The second-order valence-corrected chi connectivity index (χ2v) is 9.48. The van der Waals surface area contributed by atoms with E-state index < -0.39 is 11.9 Å². The molecule has 6 nitrogen and oxygen atoms in total. The van der Waals surface area contributed by atoms with Gasteiger partial charge in [-0.25, -0.2) is 9.97 Å². The quantitative estimate of drug-likeness (QED) is 0.426. The number of ketones is 1. The molecule has 35 heavy (non-hydrogen) atoms. The molecule has 0 radical (unpaired) electrons. The van der Waals surface area contributed by atoms with E-state index >= 15 is 0 Å². The van der Waals surface area contributed by atoms with Gasteiger partial charge >= 0.3 is 6.18 Å². The van der Waals surface area contributed by atoms with Gasteiger partial charge in [0.05, 0.1) is 18.4 Å². The highest BCUT2D eigenvalue weighted by Crippen LogP contribution is 2.35. The standard InChI is InChI=1S/C26H26F3N5O/c1-15-3-4-17(11-15)13-22(35)19-6-5-18(12-16(19)2)33-24-25-32-14-21(34(25)10-9-31-24)20-7-8-30-23(20)26(27,28)29/h5-7,9-10,12,14-15,17H,3-4,8,11,13H2,1-2H3,(H,31,33)/t15-,17-/m0/s1. The molecule has 1 N–H and O–H groups in total. The third-order valence-electron chi connectivity index (χ3n) is 6.84. The van der Waals surface area contributed by atoms with Crippen molar-refractivity contribution < 1.29 is 18.0 Å². The predicted molar refractivity (Wildman–Crippen MR) is 129 cm³/mol. The van der Waals surface area contributed by atoms with Crippen LogP contribution in [0.4, 0.5) is 24.7 Å². The average Bonchev–Trinajstić information content (AvgIpc) is 3.53. The number of aliphatic imine (C=N–C) groups is 1. The summed E-state index contributed by atoms with van der Waals surface area (Å²) in [5.74, 6) is 1.72. The molecule has 5 rings (SSSR count).